The number of rotatable bonds is 15. The second kappa shape index (κ2) is 14.7. The van der Waals surface area contributed by atoms with Gasteiger partial charge in [-0.2, -0.15) is 0 Å². The van der Waals surface area contributed by atoms with Gasteiger partial charge in [-0.1, -0.05) is 27.2 Å². The summed E-state index contributed by atoms with van der Waals surface area (Å²) in [5.41, 5.74) is 0. The van der Waals surface area contributed by atoms with Gasteiger partial charge in [0.25, 0.3) is 0 Å². The van der Waals surface area contributed by atoms with E-state index in [0.717, 1.165) is 39.1 Å². The summed E-state index contributed by atoms with van der Waals surface area (Å²) in [5.74, 6) is 0. The van der Waals surface area contributed by atoms with Gasteiger partial charge in [-0.15, -0.1) is 0 Å². The zero-order valence-corrected chi connectivity index (χ0v) is 14.4. The molecule has 21 heavy (non-hydrogen) atoms. The largest absolute Gasteiger partial charge is 0.389 e. The molecule has 0 fully saturated rings. The molecule has 0 aromatic heterocycles. The van der Waals surface area contributed by atoms with Gasteiger partial charge in [-0.3, -0.25) is 0 Å². The minimum atomic E-state index is -0.459. The van der Waals surface area contributed by atoms with Gasteiger partial charge in [0.2, 0.25) is 0 Å². The zero-order chi connectivity index (χ0) is 15.9. The quantitative estimate of drug-likeness (QED) is 0.449. The number of aliphatic hydroxyl groups is 1. The molecule has 0 bridgehead atoms. The smallest absolute Gasteiger partial charge is 0.0897 e. The van der Waals surface area contributed by atoms with Crippen molar-refractivity contribution in [1.82, 2.24) is 10.2 Å². The van der Waals surface area contributed by atoms with Crippen LogP contribution in [0.5, 0.6) is 0 Å². The van der Waals surface area contributed by atoms with E-state index in [-0.39, 0.29) is 0 Å². The van der Waals surface area contributed by atoms with E-state index in [1.165, 1.54) is 0 Å². The Labute approximate surface area is 131 Å². The topological polar surface area (TPSA) is 54.0 Å². The number of likely N-dealkylation sites (N-methyl/N-ethyl adjacent to an activating group) is 1. The molecule has 0 saturated carbocycles. The van der Waals surface area contributed by atoms with E-state index >= 15 is 0 Å². The van der Waals surface area contributed by atoms with Crippen molar-refractivity contribution in [2.75, 3.05) is 52.6 Å². The number of hydrogen-bond donors (Lipinski definition) is 2. The van der Waals surface area contributed by atoms with Crippen molar-refractivity contribution < 1.29 is 14.6 Å². The van der Waals surface area contributed by atoms with Crippen LogP contribution in [0.15, 0.2) is 0 Å². The molecule has 0 heterocycles. The van der Waals surface area contributed by atoms with Crippen LogP contribution in [0.25, 0.3) is 0 Å². The van der Waals surface area contributed by atoms with E-state index in [1.807, 2.05) is 0 Å². The van der Waals surface area contributed by atoms with Crippen LogP contribution in [-0.4, -0.2) is 74.8 Å². The van der Waals surface area contributed by atoms with Crippen LogP contribution in [0.4, 0.5) is 0 Å². The molecule has 0 aliphatic carbocycles. The lowest BCUT2D eigenvalue weighted by atomic mass is 10.2. The van der Waals surface area contributed by atoms with Gasteiger partial charge in [0.15, 0.2) is 0 Å². The van der Waals surface area contributed by atoms with Crippen LogP contribution in [0.2, 0.25) is 0 Å². The summed E-state index contributed by atoms with van der Waals surface area (Å²) in [7, 11) is 0. The first-order chi connectivity index (χ1) is 10.1. The van der Waals surface area contributed by atoms with E-state index in [0.29, 0.717) is 32.4 Å². The Morgan fingerprint density at radius 2 is 1.71 bits per heavy atom. The molecule has 0 aromatic rings. The summed E-state index contributed by atoms with van der Waals surface area (Å²) in [5, 5.41) is 13.2. The lowest BCUT2D eigenvalue weighted by molar-refractivity contribution is 0.00308. The predicted molar refractivity (Wildman–Crippen MR) is 87.8 cm³/mol. The molecule has 0 spiro atoms. The third kappa shape index (κ3) is 13.2. The molecule has 2 atom stereocenters. The second-order valence-electron chi connectivity index (χ2n) is 5.49. The fourth-order valence-electron chi connectivity index (χ4n) is 2.02. The van der Waals surface area contributed by atoms with Gasteiger partial charge < -0.3 is 24.8 Å². The van der Waals surface area contributed by atoms with Crippen molar-refractivity contribution >= 4 is 0 Å². The number of unbranched alkanes of at least 4 members (excludes halogenated alkanes) is 1. The lowest BCUT2D eigenvalue weighted by Crippen LogP contribution is -2.42. The average molecular weight is 304 g/mol. The maximum atomic E-state index is 9.85. The van der Waals surface area contributed by atoms with Crippen molar-refractivity contribution in [3.05, 3.63) is 0 Å². The molecule has 5 nitrogen and oxygen atoms in total. The molecule has 0 amide bonds. The standard InChI is InChI=1S/C16H36N2O3/c1-5-8-9-20-10-11-21-14-16(19)12-17-15(4)13-18(6-2)7-3/h15-17,19H,5-14H2,1-4H3. The number of nitrogens with one attached hydrogen (secondary N) is 1. The van der Waals surface area contributed by atoms with Crippen LogP contribution < -0.4 is 5.32 Å². The summed E-state index contributed by atoms with van der Waals surface area (Å²) in [6.07, 6.45) is 1.79. The van der Waals surface area contributed by atoms with Crippen molar-refractivity contribution in [2.45, 2.75) is 52.7 Å². The maximum Gasteiger partial charge on any atom is 0.0897 e. The molecule has 0 saturated heterocycles. The van der Waals surface area contributed by atoms with Gasteiger partial charge in [0, 0.05) is 25.7 Å². The second-order valence-corrected chi connectivity index (χ2v) is 5.49. The van der Waals surface area contributed by atoms with Crippen molar-refractivity contribution in [3.8, 4) is 0 Å². The Hall–Kier alpha value is -0.200. The zero-order valence-electron chi connectivity index (χ0n) is 14.4. The Kier molecular flexibility index (Phi) is 14.6. The number of ether oxygens (including phenoxy) is 2. The molecule has 0 aliphatic heterocycles. The van der Waals surface area contributed by atoms with Crippen molar-refractivity contribution in [2.24, 2.45) is 0 Å². The molecule has 128 valence electrons. The average Bonchev–Trinajstić information content (AvgIpc) is 2.49. The normalized spacial score (nSPS) is 14.6. The van der Waals surface area contributed by atoms with Crippen LogP contribution in [-0.2, 0) is 9.47 Å². The third-order valence-electron chi connectivity index (χ3n) is 3.45. The minimum absolute atomic E-state index is 0.363. The Morgan fingerprint density at radius 1 is 1.05 bits per heavy atom. The highest BCUT2D eigenvalue weighted by atomic mass is 16.5. The van der Waals surface area contributed by atoms with Gasteiger partial charge in [-0.05, 0) is 26.4 Å². The summed E-state index contributed by atoms with van der Waals surface area (Å²) < 4.78 is 10.8. The molecule has 2 unspecified atom stereocenters. The van der Waals surface area contributed by atoms with Crippen LogP contribution in [0.3, 0.4) is 0 Å². The van der Waals surface area contributed by atoms with E-state index < -0.39 is 6.10 Å². The van der Waals surface area contributed by atoms with E-state index in [2.05, 4.69) is 37.9 Å². The summed E-state index contributed by atoms with van der Waals surface area (Å²) in [4.78, 5) is 2.37. The number of nitrogens with zero attached hydrogens (tertiary/aromatic N) is 1. The monoisotopic (exact) mass is 304 g/mol. The summed E-state index contributed by atoms with van der Waals surface area (Å²) in [6.45, 7) is 14.6. The molecular weight excluding hydrogens is 268 g/mol. The van der Waals surface area contributed by atoms with Crippen molar-refractivity contribution in [3.63, 3.8) is 0 Å². The van der Waals surface area contributed by atoms with Gasteiger partial charge in [0.05, 0.1) is 25.9 Å². The van der Waals surface area contributed by atoms with Crippen LogP contribution in [0.1, 0.15) is 40.5 Å². The van der Waals surface area contributed by atoms with Crippen molar-refractivity contribution in [1.29, 1.82) is 0 Å². The Morgan fingerprint density at radius 3 is 2.33 bits per heavy atom. The number of aliphatic hydroxyl groups excluding tert-OH is 1. The highest BCUT2D eigenvalue weighted by Gasteiger charge is 2.09. The Bertz CT molecular complexity index is 214. The SMILES string of the molecule is CCCCOCCOCC(O)CNC(C)CN(CC)CC. The number of hydrogen-bond acceptors (Lipinski definition) is 5. The molecular formula is C16H36N2O3. The van der Waals surface area contributed by atoms with E-state index in [1.54, 1.807) is 0 Å². The molecule has 0 aliphatic rings. The highest BCUT2D eigenvalue weighted by molar-refractivity contribution is 4.68. The summed E-state index contributed by atoms with van der Waals surface area (Å²) >= 11 is 0. The van der Waals surface area contributed by atoms with Gasteiger partial charge >= 0.3 is 0 Å². The maximum absolute atomic E-state index is 9.85. The third-order valence-corrected chi connectivity index (χ3v) is 3.45. The van der Waals surface area contributed by atoms with Gasteiger partial charge in [0.1, 0.15) is 0 Å². The fraction of sp³-hybridized carbons (Fsp3) is 1.00. The molecule has 0 radical (unpaired) electrons. The highest BCUT2D eigenvalue weighted by Crippen LogP contribution is 1.93. The Balaban J connectivity index is 3.46. The fourth-order valence-corrected chi connectivity index (χ4v) is 2.02. The first-order valence-electron chi connectivity index (χ1n) is 8.43. The first-order valence-corrected chi connectivity index (χ1v) is 8.43. The summed E-state index contributed by atoms with van der Waals surface area (Å²) in [6, 6.07) is 0.372. The van der Waals surface area contributed by atoms with E-state index in [4.69, 9.17) is 9.47 Å². The molecule has 2 N–H and O–H groups in total. The van der Waals surface area contributed by atoms with E-state index in [9.17, 15) is 5.11 Å². The molecule has 0 rings (SSSR count). The van der Waals surface area contributed by atoms with Gasteiger partial charge in [-0.25, -0.2) is 0 Å². The predicted octanol–water partition coefficient (Wildman–Crippen LogP) is 1.50. The van der Waals surface area contributed by atoms with Crippen LogP contribution >= 0.6 is 0 Å². The van der Waals surface area contributed by atoms with Crippen LogP contribution in [0, 0.1) is 0 Å². The lowest BCUT2D eigenvalue weighted by Gasteiger charge is -2.24. The first kappa shape index (κ1) is 20.8. The molecule has 5 heteroatoms. The molecule has 0 aromatic carbocycles. The minimum Gasteiger partial charge on any atom is -0.389 e.